The van der Waals surface area contributed by atoms with E-state index in [0.717, 1.165) is 18.2 Å². The van der Waals surface area contributed by atoms with E-state index in [4.69, 9.17) is 28.9 Å². The van der Waals surface area contributed by atoms with Gasteiger partial charge in [0.05, 0.1) is 21.4 Å². The average molecular weight is 259 g/mol. The number of rotatable bonds is 3. The molecule has 0 spiro atoms. The fourth-order valence-corrected chi connectivity index (χ4v) is 2.52. The molecule has 0 atom stereocenters. The molecular formula is C12H16Cl2N2. The molecule has 0 aromatic heterocycles. The number of nitrogens with one attached hydrogen (secondary N) is 1. The topological polar surface area (TPSA) is 38.0 Å². The zero-order chi connectivity index (χ0) is 11.5. The second-order valence-corrected chi connectivity index (χ2v) is 5.20. The van der Waals surface area contributed by atoms with Crippen molar-refractivity contribution in [1.82, 2.24) is 0 Å². The third-order valence-corrected chi connectivity index (χ3v) is 3.87. The van der Waals surface area contributed by atoms with Gasteiger partial charge in [0, 0.05) is 6.54 Å². The van der Waals surface area contributed by atoms with Crippen molar-refractivity contribution < 1.29 is 0 Å². The lowest BCUT2D eigenvalue weighted by Crippen LogP contribution is -2.12. The summed E-state index contributed by atoms with van der Waals surface area (Å²) in [5.74, 6) is 0.772. The molecule has 4 heteroatoms. The van der Waals surface area contributed by atoms with Gasteiger partial charge in [-0.25, -0.2) is 0 Å². The number of nitrogen functional groups attached to an aromatic ring is 1. The van der Waals surface area contributed by atoms with E-state index in [1.165, 1.54) is 25.7 Å². The Kier molecular flexibility index (Phi) is 3.82. The second-order valence-electron chi connectivity index (χ2n) is 4.38. The van der Waals surface area contributed by atoms with Crippen LogP contribution in [0.2, 0.25) is 10.0 Å². The molecule has 0 amide bonds. The van der Waals surface area contributed by atoms with Crippen molar-refractivity contribution in [2.24, 2.45) is 5.92 Å². The summed E-state index contributed by atoms with van der Waals surface area (Å²) in [7, 11) is 0. The highest BCUT2D eigenvalue weighted by Gasteiger charge is 2.15. The van der Waals surface area contributed by atoms with E-state index < -0.39 is 0 Å². The first-order chi connectivity index (χ1) is 7.66. The molecule has 1 aromatic carbocycles. The highest BCUT2D eigenvalue weighted by molar-refractivity contribution is 6.42. The molecule has 1 saturated carbocycles. The molecule has 3 N–H and O–H groups in total. The summed E-state index contributed by atoms with van der Waals surface area (Å²) in [6.07, 6.45) is 5.33. The van der Waals surface area contributed by atoms with Gasteiger partial charge in [-0.2, -0.15) is 0 Å². The summed E-state index contributed by atoms with van der Waals surface area (Å²) in [6.45, 7) is 0.974. The molecule has 1 fully saturated rings. The highest BCUT2D eigenvalue weighted by atomic mass is 35.5. The van der Waals surface area contributed by atoms with Crippen LogP contribution in [-0.2, 0) is 0 Å². The van der Waals surface area contributed by atoms with Gasteiger partial charge in [-0.15, -0.1) is 0 Å². The molecule has 2 nitrogen and oxygen atoms in total. The van der Waals surface area contributed by atoms with Crippen LogP contribution >= 0.6 is 23.2 Å². The molecule has 0 radical (unpaired) electrons. The summed E-state index contributed by atoms with van der Waals surface area (Å²) in [4.78, 5) is 0. The monoisotopic (exact) mass is 258 g/mol. The minimum atomic E-state index is 0.505. The maximum Gasteiger partial charge on any atom is 0.0614 e. The first-order valence-corrected chi connectivity index (χ1v) is 6.41. The van der Waals surface area contributed by atoms with Crippen molar-refractivity contribution in [3.63, 3.8) is 0 Å². The zero-order valence-electron chi connectivity index (χ0n) is 9.10. The lowest BCUT2D eigenvalue weighted by molar-refractivity contribution is 0.580. The second kappa shape index (κ2) is 5.15. The van der Waals surface area contributed by atoms with Crippen molar-refractivity contribution in [2.45, 2.75) is 25.7 Å². The fraction of sp³-hybridized carbons (Fsp3) is 0.500. The van der Waals surface area contributed by atoms with Crippen molar-refractivity contribution in [1.29, 1.82) is 0 Å². The van der Waals surface area contributed by atoms with Gasteiger partial charge in [0.15, 0.2) is 0 Å². The SMILES string of the molecule is Nc1cc(Cl)c(Cl)cc1NCC1CCCC1. The first kappa shape index (κ1) is 11.9. The van der Waals surface area contributed by atoms with Gasteiger partial charge >= 0.3 is 0 Å². The van der Waals surface area contributed by atoms with Gasteiger partial charge in [0.25, 0.3) is 0 Å². The van der Waals surface area contributed by atoms with E-state index in [2.05, 4.69) is 5.32 Å². The molecule has 1 aliphatic carbocycles. The Bertz CT molecular complexity index is 374. The fourth-order valence-electron chi connectivity index (χ4n) is 2.18. The Morgan fingerprint density at radius 3 is 2.50 bits per heavy atom. The summed E-state index contributed by atoms with van der Waals surface area (Å²) >= 11 is 11.8. The minimum absolute atomic E-state index is 0.505. The van der Waals surface area contributed by atoms with Crippen LogP contribution in [0.4, 0.5) is 11.4 Å². The van der Waals surface area contributed by atoms with Crippen LogP contribution in [-0.4, -0.2) is 6.54 Å². The average Bonchev–Trinajstić information content (AvgIpc) is 2.74. The Morgan fingerprint density at radius 1 is 1.19 bits per heavy atom. The van der Waals surface area contributed by atoms with E-state index in [9.17, 15) is 0 Å². The lowest BCUT2D eigenvalue weighted by atomic mass is 10.1. The summed E-state index contributed by atoms with van der Waals surface area (Å²) in [5, 5.41) is 4.41. The molecule has 1 aliphatic rings. The molecule has 0 bridgehead atoms. The van der Waals surface area contributed by atoms with Crippen LogP contribution < -0.4 is 11.1 Å². The van der Waals surface area contributed by atoms with E-state index in [-0.39, 0.29) is 0 Å². The standard InChI is InChI=1S/C12H16Cl2N2/c13-9-5-11(15)12(6-10(9)14)16-7-8-3-1-2-4-8/h5-6,8,16H,1-4,7,15H2. The van der Waals surface area contributed by atoms with Crippen molar-refractivity contribution >= 4 is 34.6 Å². The normalized spacial score (nSPS) is 16.6. The first-order valence-electron chi connectivity index (χ1n) is 5.65. The molecule has 0 saturated heterocycles. The maximum atomic E-state index is 5.95. The summed E-state index contributed by atoms with van der Waals surface area (Å²) < 4.78 is 0. The van der Waals surface area contributed by atoms with Gasteiger partial charge in [0.1, 0.15) is 0 Å². The molecular weight excluding hydrogens is 243 g/mol. The Morgan fingerprint density at radius 2 is 1.81 bits per heavy atom. The summed E-state index contributed by atoms with van der Waals surface area (Å²) in [5.41, 5.74) is 7.42. The van der Waals surface area contributed by atoms with Crippen molar-refractivity contribution in [2.75, 3.05) is 17.6 Å². The quantitative estimate of drug-likeness (QED) is 0.799. The number of nitrogens with two attached hydrogens (primary N) is 1. The minimum Gasteiger partial charge on any atom is -0.397 e. The maximum absolute atomic E-state index is 5.95. The van der Waals surface area contributed by atoms with E-state index in [0.29, 0.717) is 15.7 Å². The van der Waals surface area contributed by atoms with Crippen LogP contribution in [0.3, 0.4) is 0 Å². The van der Waals surface area contributed by atoms with Gasteiger partial charge in [-0.05, 0) is 30.9 Å². The Labute approximate surface area is 106 Å². The van der Waals surface area contributed by atoms with E-state index in [1.807, 2.05) is 0 Å². The van der Waals surface area contributed by atoms with Gasteiger partial charge in [-0.1, -0.05) is 36.0 Å². The number of hydrogen-bond donors (Lipinski definition) is 2. The molecule has 16 heavy (non-hydrogen) atoms. The summed E-state index contributed by atoms with van der Waals surface area (Å²) in [6, 6.07) is 3.50. The smallest absolute Gasteiger partial charge is 0.0614 e. The largest absolute Gasteiger partial charge is 0.397 e. The lowest BCUT2D eigenvalue weighted by Gasteiger charge is -2.14. The van der Waals surface area contributed by atoms with Crippen LogP contribution in [0, 0.1) is 5.92 Å². The van der Waals surface area contributed by atoms with Gasteiger partial charge in [-0.3, -0.25) is 0 Å². The molecule has 0 aliphatic heterocycles. The number of halogens is 2. The molecule has 0 heterocycles. The molecule has 1 aromatic rings. The van der Waals surface area contributed by atoms with E-state index in [1.54, 1.807) is 12.1 Å². The van der Waals surface area contributed by atoms with Crippen molar-refractivity contribution in [3.05, 3.63) is 22.2 Å². The van der Waals surface area contributed by atoms with E-state index >= 15 is 0 Å². The van der Waals surface area contributed by atoms with Crippen LogP contribution in [0.1, 0.15) is 25.7 Å². The number of benzene rings is 1. The Hall–Kier alpha value is -0.600. The van der Waals surface area contributed by atoms with Crippen LogP contribution in [0.25, 0.3) is 0 Å². The van der Waals surface area contributed by atoms with Gasteiger partial charge in [0.2, 0.25) is 0 Å². The molecule has 0 unspecified atom stereocenters. The molecule has 88 valence electrons. The van der Waals surface area contributed by atoms with Gasteiger partial charge < -0.3 is 11.1 Å². The third kappa shape index (κ3) is 2.74. The number of anilines is 2. The zero-order valence-corrected chi connectivity index (χ0v) is 10.6. The van der Waals surface area contributed by atoms with Crippen LogP contribution in [0.15, 0.2) is 12.1 Å². The van der Waals surface area contributed by atoms with Crippen molar-refractivity contribution in [3.8, 4) is 0 Å². The van der Waals surface area contributed by atoms with Crippen LogP contribution in [0.5, 0.6) is 0 Å². The highest BCUT2D eigenvalue weighted by Crippen LogP contribution is 2.32. The Balaban J connectivity index is 2.00. The molecule has 2 rings (SSSR count). The number of hydrogen-bond acceptors (Lipinski definition) is 2. The predicted octanol–water partition coefficient (Wildman–Crippen LogP) is 4.18. The third-order valence-electron chi connectivity index (χ3n) is 3.15. The predicted molar refractivity (Wildman–Crippen MR) is 71.3 cm³/mol.